The Morgan fingerprint density at radius 1 is 1.08 bits per heavy atom. The van der Waals surface area contributed by atoms with E-state index in [1.165, 1.54) is 5.56 Å². The third-order valence-corrected chi connectivity index (χ3v) is 3.80. The number of rotatable bonds is 7. The molecule has 1 aromatic carbocycles. The molecule has 1 N–H and O–H groups in total. The quantitative estimate of drug-likeness (QED) is 0.811. The number of benzene rings is 1. The van der Waals surface area contributed by atoms with E-state index in [9.17, 15) is 4.79 Å². The van der Waals surface area contributed by atoms with E-state index in [-0.39, 0.29) is 12.1 Å². The van der Waals surface area contributed by atoms with Gasteiger partial charge in [0.1, 0.15) is 5.60 Å². The molecular weight excluding hydrogens is 300 g/mol. The third kappa shape index (κ3) is 7.82. The van der Waals surface area contributed by atoms with Crippen LogP contribution < -0.4 is 5.32 Å². The molecule has 136 valence electrons. The molecule has 0 saturated carbocycles. The summed E-state index contributed by atoms with van der Waals surface area (Å²) in [6.07, 6.45) is 0.437. The minimum Gasteiger partial charge on any atom is -0.444 e. The molecule has 0 aliphatic carbocycles. The first-order valence-corrected chi connectivity index (χ1v) is 8.87. The molecular formula is C20H34N2O2. The van der Waals surface area contributed by atoms with E-state index in [0.29, 0.717) is 12.1 Å². The van der Waals surface area contributed by atoms with E-state index in [1.807, 2.05) is 39.0 Å². The van der Waals surface area contributed by atoms with E-state index in [0.717, 1.165) is 13.0 Å². The Hall–Kier alpha value is -1.55. The van der Waals surface area contributed by atoms with Crippen molar-refractivity contribution >= 4 is 6.09 Å². The Bertz CT molecular complexity index is 484. The smallest absolute Gasteiger partial charge is 0.407 e. The number of alkyl carbamates (subject to hydrolysis) is 1. The maximum Gasteiger partial charge on any atom is 0.407 e. The molecule has 4 heteroatoms. The highest BCUT2D eigenvalue weighted by Gasteiger charge is 2.23. The lowest BCUT2D eigenvalue weighted by Crippen LogP contribution is -2.50. The van der Waals surface area contributed by atoms with Crippen LogP contribution >= 0.6 is 0 Å². The Morgan fingerprint density at radius 3 is 2.08 bits per heavy atom. The van der Waals surface area contributed by atoms with Crippen LogP contribution in [0.4, 0.5) is 4.79 Å². The fourth-order valence-electron chi connectivity index (χ4n) is 2.81. The highest BCUT2D eigenvalue weighted by atomic mass is 16.6. The molecule has 0 bridgehead atoms. The van der Waals surface area contributed by atoms with Gasteiger partial charge in [0.25, 0.3) is 0 Å². The van der Waals surface area contributed by atoms with Crippen LogP contribution in [0.3, 0.4) is 0 Å². The first-order valence-electron chi connectivity index (χ1n) is 8.87. The number of ether oxygens (including phenoxy) is 1. The fraction of sp³-hybridized carbons (Fsp3) is 0.650. The molecule has 0 aliphatic heterocycles. The molecule has 4 nitrogen and oxygen atoms in total. The molecule has 1 rings (SSSR count). The highest BCUT2D eigenvalue weighted by Crippen LogP contribution is 2.12. The van der Waals surface area contributed by atoms with Crippen LogP contribution in [0.25, 0.3) is 0 Å². The summed E-state index contributed by atoms with van der Waals surface area (Å²) in [6, 6.07) is 11.1. The lowest BCUT2D eigenvalue weighted by Gasteiger charge is -2.34. The number of nitrogens with one attached hydrogen (secondary N) is 1. The van der Waals surface area contributed by atoms with Crippen molar-refractivity contribution in [2.75, 3.05) is 6.54 Å². The van der Waals surface area contributed by atoms with Gasteiger partial charge in [0.15, 0.2) is 0 Å². The van der Waals surface area contributed by atoms with Gasteiger partial charge in [-0.15, -0.1) is 0 Å². The van der Waals surface area contributed by atoms with Gasteiger partial charge in [0.05, 0.1) is 0 Å². The monoisotopic (exact) mass is 334 g/mol. The van der Waals surface area contributed by atoms with Gasteiger partial charge in [-0.2, -0.15) is 0 Å². The second kappa shape index (κ2) is 9.07. The molecule has 0 radical (unpaired) electrons. The van der Waals surface area contributed by atoms with Crippen molar-refractivity contribution in [2.45, 2.75) is 78.6 Å². The topological polar surface area (TPSA) is 41.6 Å². The fourth-order valence-corrected chi connectivity index (χ4v) is 2.81. The highest BCUT2D eigenvalue weighted by molar-refractivity contribution is 5.68. The molecule has 0 heterocycles. The number of amides is 1. The normalized spacial score (nSPS) is 13.4. The summed E-state index contributed by atoms with van der Waals surface area (Å²) in [5.74, 6) is 0. The first kappa shape index (κ1) is 20.5. The standard InChI is InChI=1S/C20H34N2O2/c1-15(2)22(16(3)4)14-18(13-17-11-9-8-10-12-17)21-19(23)24-20(5,6)7/h8-12,15-16,18H,13-14H2,1-7H3,(H,21,23)/t18-/m1/s1. The molecule has 24 heavy (non-hydrogen) atoms. The van der Waals surface area contributed by atoms with E-state index in [2.05, 4.69) is 50.0 Å². The van der Waals surface area contributed by atoms with Gasteiger partial charge >= 0.3 is 6.09 Å². The molecule has 1 atom stereocenters. The zero-order chi connectivity index (χ0) is 18.3. The maximum atomic E-state index is 12.2. The number of carbonyl (C=O) groups excluding carboxylic acids is 1. The summed E-state index contributed by atoms with van der Waals surface area (Å²) >= 11 is 0. The average molecular weight is 335 g/mol. The predicted octanol–water partition coefficient (Wildman–Crippen LogP) is 4.24. The second-order valence-electron chi connectivity index (χ2n) is 7.92. The van der Waals surface area contributed by atoms with Crippen LogP contribution in [0.2, 0.25) is 0 Å². The molecule has 0 fully saturated rings. The van der Waals surface area contributed by atoms with Crippen molar-refractivity contribution in [1.82, 2.24) is 10.2 Å². The molecule has 0 aliphatic rings. The summed E-state index contributed by atoms with van der Waals surface area (Å²) in [5.41, 5.74) is 0.725. The third-order valence-electron chi connectivity index (χ3n) is 3.80. The molecule has 0 spiro atoms. The predicted molar refractivity (Wildman–Crippen MR) is 100 cm³/mol. The van der Waals surface area contributed by atoms with Crippen molar-refractivity contribution in [2.24, 2.45) is 0 Å². The van der Waals surface area contributed by atoms with Gasteiger partial charge < -0.3 is 10.1 Å². The number of carbonyl (C=O) groups is 1. The van der Waals surface area contributed by atoms with E-state index in [4.69, 9.17) is 4.74 Å². The van der Waals surface area contributed by atoms with Crippen molar-refractivity contribution in [1.29, 1.82) is 0 Å². The Morgan fingerprint density at radius 2 is 1.62 bits per heavy atom. The summed E-state index contributed by atoms with van der Waals surface area (Å²) < 4.78 is 5.44. The lowest BCUT2D eigenvalue weighted by molar-refractivity contribution is 0.0477. The van der Waals surface area contributed by atoms with Gasteiger partial charge in [-0.1, -0.05) is 30.3 Å². The van der Waals surface area contributed by atoms with E-state index in [1.54, 1.807) is 0 Å². The van der Waals surface area contributed by atoms with Crippen LogP contribution in [0, 0.1) is 0 Å². The minimum absolute atomic E-state index is 0.00653. The van der Waals surface area contributed by atoms with Crippen LogP contribution in [-0.2, 0) is 11.2 Å². The van der Waals surface area contributed by atoms with Crippen LogP contribution in [0.5, 0.6) is 0 Å². The Kier molecular flexibility index (Phi) is 7.74. The van der Waals surface area contributed by atoms with Crippen molar-refractivity contribution in [3.63, 3.8) is 0 Å². The van der Waals surface area contributed by atoms with Gasteiger partial charge in [-0.05, 0) is 60.5 Å². The van der Waals surface area contributed by atoms with Gasteiger partial charge in [0.2, 0.25) is 0 Å². The number of nitrogens with zero attached hydrogens (tertiary/aromatic N) is 1. The molecule has 0 saturated heterocycles. The number of hydrogen-bond donors (Lipinski definition) is 1. The molecule has 1 amide bonds. The number of hydrogen-bond acceptors (Lipinski definition) is 3. The van der Waals surface area contributed by atoms with Crippen LogP contribution in [0.15, 0.2) is 30.3 Å². The van der Waals surface area contributed by atoms with E-state index < -0.39 is 5.60 Å². The van der Waals surface area contributed by atoms with Gasteiger partial charge in [0, 0.05) is 24.7 Å². The summed E-state index contributed by atoms with van der Waals surface area (Å²) in [7, 11) is 0. The zero-order valence-corrected chi connectivity index (χ0v) is 16.3. The Labute approximate surface area is 147 Å². The first-order chi connectivity index (χ1) is 11.1. The van der Waals surface area contributed by atoms with Crippen molar-refractivity contribution < 1.29 is 9.53 Å². The molecule has 1 aromatic rings. The average Bonchev–Trinajstić information content (AvgIpc) is 2.42. The van der Waals surface area contributed by atoms with E-state index >= 15 is 0 Å². The van der Waals surface area contributed by atoms with Crippen molar-refractivity contribution in [3.8, 4) is 0 Å². The van der Waals surface area contributed by atoms with Gasteiger partial charge in [-0.25, -0.2) is 4.79 Å². The summed E-state index contributed by atoms with van der Waals surface area (Å²) in [5, 5.41) is 3.06. The van der Waals surface area contributed by atoms with Crippen LogP contribution in [-0.4, -0.2) is 41.3 Å². The molecule has 0 aromatic heterocycles. The Balaban J connectivity index is 2.84. The largest absolute Gasteiger partial charge is 0.444 e. The molecule has 0 unspecified atom stereocenters. The minimum atomic E-state index is -0.489. The summed E-state index contributed by atoms with van der Waals surface area (Å²) in [4.78, 5) is 14.6. The summed E-state index contributed by atoms with van der Waals surface area (Å²) in [6.45, 7) is 15.2. The SMILES string of the molecule is CC(C)N(C[C@@H](Cc1ccccc1)NC(=O)OC(C)(C)C)C(C)C. The lowest BCUT2D eigenvalue weighted by atomic mass is 10.0. The van der Waals surface area contributed by atoms with Crippen LogP contribution in [0.1, 0.15) is 54.0 Å². The van der Waals surface area contributed by atoms with Gasteiger partial charge in [-0.3, -0.25) is 4.90 Å². The zero-order valence-electron chi connectivity index (χ0n) is 16.3. The van der Waals surface area contributed by atoms with Crippen molar-refractivity contribution in [3.05, 3.63) is 35.9 Å². The maximum absolute atomic E-state index is 12.2. The second-order valence-corrected chi connectivity index (χ2v) is 7.92.